The number of aryl methyl sites for hydroxylation is 2. The number of hydrogen-bond acceptors (Lipinski definition) is 4. The normalized spacial score (nSPS) is 17.9. The molecule has 0 unspecified atom stereocenters. The van der Waals surface area contributed by atoms with Crippen LogP contribution >= 0.6 is 0 Å². The topological polar surface area (TPSA) is 46.8 Å². The maximum Gasteiger partial charge on any atom is 0.155 e. The number of likely N-dealkylation sites (tertiary alicyclic amines) is 1. The van der Waals surface area contributed by atoms with E-state index in [0.29, 0.717) is 0 Å². The van der Waals surface area contributed by atoms with Crippen LogP contribution < -0.4 is 0 Å². The molecule has 3 rings (SSSR count). The average Bonchev–Trinajstić information content (AvgIpc) is 2.89. The largest absolute Gasteiger partial charge is 0.294 e. The Hall–Kier alpha value is -1.75. The van der Waals surface area contributed by atoms with Gasteiger partial charge in [-0.2, -0.15) is 4.68 Å². The van der Waals surface area contributed by atoms with Gasteiger partial charge in [0.05, 0.1) is 6.04 Å². The lowest BCUT2D eigenvalue weighted by Crippen LogP contribution is -2.33. The van der Waals surface area contributed by atoms with E-state index in [-0.39, 0.29) is 6.04 Å². The number of nitrogens with zero attached hydrogens (tertiary/aromatic N) is 5. The van der Waals surface area contributed by atoms with Crippen molar-refractivity contribution in [2.75, 3.05) is 13.1 Å². The van der Waals surface area contributed by atoms with Crippen LogP contribution in [-0.4, -0.2) is 37.7 Å². The molecule has 5 nitrogen and oxygen atoms in total. The van der Waals surface area contributed by atoms with Gasteiger partial charge in [-0.1, -0.05) is 12.5 Å². The first-order chi connectivity index (χ1) is 10.1. The predicted molar refractivity (Wildman–Crippen MR) is 82.5 cm³/mol. The van der Waals surface area contributed by atoms with Gasteiger partial charge in [0.1, 0.15) is 5.82 Å². The quantitative estimate of drug-likeness (QED) is 0.870. The number of hydrogen-bond donors (Lipinski definition) is 0. The summed E-state index contributed by atoms with van der Waals surface area (Å²) in [5, 5.41) is 4.55. The molecule has 0 aromatic carbocycles. The van der Waals surface area contributed by atoms with E-state index < -0.39 is 0 Å². The van der Waals surface area contributed by atoms with Crippen LogP contribution in [0, 0.1) is 13.8 Å². The molecule has 2 aromatic rings. The highest BCUT2D eigenvalue weighted by atomic mass is 15.4. The van der Waals surface area contributed by atoms with Gasteiger partial charge in [0.25, 0.3) is 0 Å². The summed E-state index contributed by atoms with van der Waals surface area (Å²) in [4.78, 5) is 11.7. The average molecular weight is 285 g/mol. The highest BCUT2D eigenvalue weighted by Gasteiger charge is 2.24. The van der Waals surface area contributed by atoms with Gasteiger partial charge >= 0.3 is 0 Å². The monoisotopic (exact) mass is 285 g/mol. The Bertz CT molecular complexity index is 613. The molecule has 1 saturated heterocycles. The predicted octanol–water partition coefficient (Wildman–Crippen LogP) is 2.83. The van der Waals surface area contributed by atoms with Gasteiger partial charge in [0.15, 0.2) is 11.6 Å². The summed E-state index contributed by atoms with van der Waals surface area (Å²) in [5.41, 5.74) is 0.997. The van der Waals surface area contributed by atoms with Gasteiger partial charge in [-0.25, -0.2) is 9.97 Å². The third-order valence-electron chi connectivity index (χ3n) is 4.14. The Kier molecular flexibility index (Phi) is 4.01. The fourth-order valence-electron chi connectivity index (χ4n) is 2.99. The van der Waals surface area contributed by atoms with Crippen LogP contribution in [-0.2, 0) is 0 Å². The van der Waals surface area contributed by atoms with E-state index >= 15 is 0 Å². The van der Waals surface area contributed by atoms with Crippen molar-refractivity contribution in [2.24, 2.45) is 0 Å². The summed E-state index contributed by atoms with van der Waals surface area (Å²) in [6.45, 7) is 8.46. The number of aromatic nitrogens is 4. The van der Waals surface area contributed by atoms with Crippen molar-refractivity contribution >= 4 is 0 Å². The van der Waals surface area contributed by atoms with E-state index in [9.17, 15) is 0 Å². The number of pyridine rings is 1. The van der Waals surface area contributed by atoms with E-state index in [1.807, 2.05) is 36.7 Å². The molecule has 0 spiro atoms. The van der Waals surface area contributed by atoms with E-state index in [1.54, 1.807) is 0 Å². The van der Waals surface area contributed by atoms with E-state index in [4.69, 9.17) is 0 Å². The van der Waals surface area contributed by atoms with E-state index in [1.165, 1.54) is 19.3 Å². The minimum atomic E-state index is 0.272. The molecular formula is C16H23N5. The fourth-order valence-corrected chi connectivity index (χ4v) is 2.99. The molecule has 1 fully saturated rings. The second kappa shape index (κ2) is 5.93. The highest BCUT2D eigenvalue weighted by Crippen LogP contribution is 2.24. The van der Waals surface area contributed by atoms with Gasteiger partial charge in [0, 0.05) is 5.69 Å². The Labute approximate surface area is 126 Å². The van der Waals surface area contributed by atoms with Gasteiger partial charge < -0.3 is 0 Å². The minimum absolute atomic E-state index is 0.272. The summed E-state index contributed by atoms with van der Waals surface area (Å²) in [7, 11) is 0. The lowest BCUT2D eigenvalue weighted by Gasteiger charge is -2.31. The van der Waals surface area contributed by atoms with E-state index in [2.05, 4.69) is 26.9 Å². The van der Waals surface area contributed by atoms with Crippen molar-refractivity contribution < 1.29 is 0 Å². The number of rotatable bonds is 3. The van der Waals surface area contributed by atoms with Crippen LogP contribution in [0.1, 0.15) is 49.6 Å². The Morgan fingerprint density at radius 1 is 1.05 bits per heavy atom. The SMILES string of the molecule is Cc1cccc(-n2nc(C)nc2[C@H](C)N2CCCCC2)n1. The van der Waals surface area contributed by atoms with Crippen LogP contribution in [0.15, 0.2) is 18.2 Å². The molecule has 112 valence electrons. The zero-order valence-corrected chi connectivity index (χ0v) is 13.1. The van der Waals surface area contributed by atoms with Gasteiger partial charge in [-0.05, 0) is 58.8 Å². The second-order valence-electron chi connectivity index (χ2n) is 5.84. The summed E-state index contributed by atoms with van der Waals surface area (Å²) >= 11 is 0. The Morgan fingerprint density at radius 2 is 1.81 bits per heavy atom. The smallest absolute Gasteiger partial charge is 0.155 e. The first-order valence-electron chi connectivity index (χ1n) is 7.77. The third kappa shape index (κ3) is 2.97. The number of piperidine rings is 1. The van der Waals surface area contributed by atoms with Gasteiger partial charge in [0.2, 0.25) is 0 Å². The lowest BCUT2D eigenvalue weighted by molar-refractivity contribution is 0.167. The van der Waals surface area contributed by atoms with Crippen molar-refractivity contribution in [2.45, 2.75) is 46.1 Å². The molecule has 21 heavy (non-hydrogen) atoms. The molecule has 1 aliphatic heterocycles. The van der Waals surface area contributed by atoms with Gasteiger partial charge in [-0.3, -0.25) is 4.90 Å². The van der Waals surface area contributed by atoms with Crippen molar-refractivity contribution in [1.29, 1.82) is 0 Å². The van der Waals surface area contributed by atoms with Crippen LogP contribution in [0.5, 0.6) is 0 Å². The van der Waals surface area contributed by atoms with Crippen molar-refractivity contribution in [3.05, 3.63) is 35.5 Å². The van der Waals surface area contributed by atoms with Crippen molar-refractivity contribution in [3.63, 3.8) is 0 Å². The molecule has 0 amide bonds. The summed E-state index contributed by atoms with van der Waals surface area (Å²) in [6.07, 6.45) is 3.90. The molecule has 1 atom stereocenters. The van der Waals surface area contributed by atoms with E-state index in [0.717, 1.165) is 36.3 Å². The van der Waals surface area contributed by atoms with Crippen LogP contribution in [0.3, 0.4) is 0 Å². The molecular weight excluding hydrogens is 262 g/mol. The zero-order valence-electron chi connectivity index (χ0n) is 13.1. The lowest BCUT2D eigenvalue weighted by atomic mass is 10.1. The second-order valence-corrected chi connectivity index (χ2v) is 5.84. The highest BCUT2D eigenvalue weighted by molar-refractivity contribution is 5.25. The molecule has 0 radical (unpaired) electrons. The van der Waals surface area contributed by atoms with Crippen molar-refractivity contribution in [1.82, 2.24) is 24.6 Å². The molecule has 3 heterocycles. The maximum absolute atomic E-state index is 4.66. The summed E-state index contributed by atoms with van der Waals surface area (Å²) < 4.78 is 1.90. The molecule has 2 aromatic heterocycles. The summed E-state index contributed by atoms with van der Waals surface area (Å²) in [5.74, 6) is 2.65. The van der Waals surface area contributed by atoms with Crippen molar-refractivity contribution in [3.8, 4) is 5.82 Å². The third-order valence-corrected chi connectivity index (χ3v) is 4.14. The standard InChI is InChI=1S/C16H23N5/c1-12-8-7-9-15(17-12)21-16(18-14(3)19-21)13(2)20-10-5-4-6-11-20/h7-9,13H,4-6,10-11H2,1-3H3/t13-/m0/s1. The van der Waals surface area contributed by atoms with Crippen LogP contribution in [0.25, 0.3) is 5.82 Å². The fraction of sp³-hybridized carbons (Fsp3) is 0.562. The summed E-state index contributed by atoms with van der Waals surface area (Å²) in [6, 6.07) is 6.28. The molecule has 1 aliphatic rings. The first-order valence-corrected chi connectivity index (χ1v) is 7.77. The maximum atomic E-state index is 4.66. The molecule has 5 heteroatoms. The molecule has 0 aliphatic carbocycles. The first kappa shape index (κ1) is 14.2. The van der Waals surface area contributed by atoms with Crippen LogP contribution in [0.2, 0.25) is 0 Å². The Balaban J connectivity index is 1.95. The minimum Gasteiger partial charge on any atom is -0.294 e. The molecule has 0 bridgehead atoms. The molecule has 0 N–H and O–H groups in total. The zero-order chi connectivity index (χ0) is 14.8. The van der Waals surface area contributed by atoms with Gasteiger partial charge in [-0.15, -0.1) is 5.10 Å². The Morgan fingerprint density at radius 3 is 2.52 bits per heavy atom. The molecule has 0 saturated carbocycles. The van der Waals surface area contributed by atoms with Crippen LogP contribution in [0.4, 0.5) is 0 Å².